The summed E-state index contributed by atoms with van der Waals surface area (Å²) in [6, 6.07) is -1.53. The first-order chi connectivity index (χ1) is 19.0. The minimum atomic E-state index is -1.14. The first-order valence-corrected chi connectivity index (χ1v) is 15.4. The van der Waals surface area contributed by atoms with E-state index in [4.69, 9.17) is 4.74 Å². The Hall–Kier alpha value is -2.19. The third kappa shape index (κ3) is 5.75. The van der Waals surface area contributed by atoms with Crippen LogP contribution in [0.4, 0.5) is 0 Å². The molecule has 2 unspecified atom stereocenters. The predicted octanol–water partition coefficient (Wildman–Crippen LogP) is 4.42. The molecule has 3 aliphatic heterocycles. The molecule has 3 fully saturated rings. The molecule has 6 atom stereocenters. The molecule has 0 aromatic rings. The highest BCUT2D eigenvalue weighted by atomic mass is 16.5. The maximum atomic E-state index is 14.9. The van der Waals surface area contributed by atoms with E-state index < -0.39 is 40.7 Å². The van der Waals surface area contributed by atoms with Crippen LogP contribution in [0.15, 0.2) is 25.3 Å². The zero-order chi connectivity index (χ0) is 31.1. The van der Waals surface area contributed by atoms with Gasteiger partial charge in [-0.1, -0.05) is 53.7 Å². The van der Waals surface area contributed by atoms with Gasteiger partial charge >= 0.3 is 0 Å². The van der Waals surface area contributed by atoms with Gasteiger partial charge in [0.05, 0.1) is 30.1 Å². The van der Waals surface area contributed by atoms with Crippen molar-refractivity contribution in [2.24, 2.45) is 23.2 Å². The van der Waals surface area contributed by atoms with Crippen LogP contribution in [-0.4, -0.2) is 92.6 Å². The highest BCUT2D eigenvalue weighted by Gasteiger charge is 2.79. The van der Waals surface area contributed by atoms with E-state index in [1.807, 2.05) is 32.6 Å². The van der Waals surface area contributed by atoms with Crippen molar-refractivity contribution in [3.63, 3.8) is 0 Å². The quantitative estimate of drug-likeness (QED) is 0.330. The molecule has 3 aliphatic rings. The molecule has 1 N–H and O–H groups in total. The molecule has 3 saturated heterocycles. The summed E-state index contributed by atoms with van der Waals surface area (Å²) in [6.45, 7) is 27.1. The van der Waals surface area contributed by atoms with E-state index in [0.717, 1.165) is 12.8 Å². The number of likely N-dealkylation sites (tertiary alicyclic amines) is 1. The SMILES string of the molecule is C=CCN(CCC)C(=O)[C@H]1[C@H]2C(=O)N([C@@H](CO)C(C)C)C(C(=O)N(CC=C)C(C)(C)CC(C)(C)C)C23CC[C@]1(C)O3. The van der Waals surface area contributed by atoms with Gasteiger partial charge in [-0.3, -0.25) is 14.4 Å². The van der Waals surface area contributed by atoms with E-state index >= 15 is 0 Å². The summed E-state index contributed by atoms with van der Waals surface area (Å²) in [5, 5.41) is 10.6. The molecule has 3 amide bonds. The van der Waals surface area contributed by atoms with Crippen LogP contribution in [0, 0.1) is 23.2 Å². The number of amides is 3. The Morgan fingerprint density at radius 2 is 1.73 bits per heavy atom. The average molecular weight is 574 g/mol. The molecule has 0 radical (unpaired) electrons. The summed E-state index contributed by atoms with van der Waals surface area (Å²) in [5.74, 6) is -2.20. The maximum Gasteiger partial charge on any atom is 0.249 e. The van der Waals surface area contributed by atoms with Crippen molar-refractivity contribution in [3.8, 4) is 0 Å². The van der Waals surface area contributed by atoms with Gasteiger partial charge < -0.3 is 24.5 Å². The fraction of sp³-hybridized carbons (Fsp3) is 0.788. The van der Waals surface area contributed by atoms with Crippen LogP contribution >= 0.6 is 0 Å². The molecule has 0 aromatic heterocycles. The molecule has 3 heterocycles. The molecule has 1 spiro atoms. The van der Waals surface area contributed by atoms with E-state index in [9.17, 15) is 19.5 Å². The fourth-order valence-corrected chi connectivity index (χ4v) is 8.22. The Morgan fingerprint density at radius 1 is 1.12 bits per heavy atom. The largest absolute Gasteiger partial charge is 0.394 e. The number of carbonyl (C=O) groups is 3. The Morgan fingerprint density at radius 3 is 2.22 bits per heavy atom. The number of aliphatic hydroxyl groups is 1. The molecular formula is C33H55N3O5. The number of ether oxygens (including phenoxy) is 1. The van der Waals surface area contributed by atoms with Crippen LogP contribution < -0.4 is 0 Å². The standard InChI is InChI=1S/C33H55N3O5/c1-12-17-34(18-13-2)27(38)24-25-28(39)36(23(20-37)22(4)5)26(33(25)16-15-32(24,11)41-33)29(40)35(19-14-3)31(9,10)21-30(6,7)8/h12,14,22-26,37H,1,3,13,15-21H2,2,4-11H3/t23-,24+,25-,26?,32-,33?/m0/s1. The minimum Gasteiger partial charge on any atom is -0.394 e. The summed E-state index contributed by atoms with van der Waals surface area (Å²) in [4.78, 5) is 48.9. The molecule has 2 bridgehead atoms. The Kier molecular flexibility index (Phi) is 9.61. The van der Waals surface area contributed by atoms with E-state index in [-0.39, 0.29) is 35.7 Å². The third-order valence-electron chi connectivity index (χ3n) is 9.45. The maximum absolute atomic E-state index is 14.9. The van der Waals surface area contributed by atoms with Gasteiger partial charge in [-0.05, 0) is 57.8 Å². The molecule has 232 valence electrons. The Bertz CT molecular complexity index is 1030. The predicted molar refractivity (Wildman–Crippen MR) is 162 cm³/mol. The minimum absolute atomic E-state index is 0.0536. The molecule has 41 heavy (non-hydrogen) atoms. The van der Waals surface area contributed by atoms with Gasteiger partial charge in [-0.2, -0.15) is 0 Å². The smallest absolute Gasteiger partial charge is 0.249 e. The number of rotatable bonds is 13. The van der Waals surface area contributed by atoms with Crippen molar-refractivity contribution in [3.05, 3.63) is 25.3 Å². The van der Waals surface area contributed by atoms with Gasteiger partial charge in [0.25, 0.3) is 0 Å². The number of hydrogen-bond donors (Lipinski definition) is 1. The van der Waals surface area contributed by atoms with Gasteiger partial charge in [0, 0.05) is 25.2 Å². The average Bonchev–Trinajstić information content (AvgIpc) is 3.41. The monoisotopic (exact) mass is 573 g/mol. The van der Waals surface area contributed by atoms with Gasteiger partial charge in [0.1, 0.15) is 11.6 Å². The Labute approximate surface area is 248 Å². The molecule has 3 rings (SSSR count). The van der Waals surface area contributed by atoms with E-state index in [1.54, 1.807) is 22.0 Å². The summed E-state index contributed by atoms with van der Waals surface area (Å²) in [5.41, 5.74) is -2.60. The van der Waals surface area contributed by atoms with Gasteiger partial charge in [0.2, 0.25) is 17.7 Å². The lowest BCUT2D eigenvalue weighted by Gasteiger charge is -2.47. The summed E-state index contributed by atoms with van der Waals surface area (Å²) in [6.07, 6.45) is 6.03. The molecule has 8 heteroatoms. The highest BCUT2D eigenvalue weighted by molar-refractivity contribution is 5.99. The number of aliphatic hydroxyl groups excluding tert-OH is 1. The van der Waals surface area contributed by atoms with Crippen LogP contribution in [0.2, 0.25) is 0 Å². The van der Waals surface area contributed by atoms with E-state index in [0.29, 0.717) is 32.5 Å². The second-order valence-electron chi connectivity index (χ2n) is 14.8. The van der Waals surface area contributed by atoms with Crippen LogP contribution in [0.5, 0.6) is 0 Å². The van der Waals surface area contributed by atoms with Crippen molar-refractivity contribution in [1.29, 1.82) is 0 Å². The first-order valence-electron chi connectivity index (χ1n) is 15.4. The molecule has 0 aliphatic carbocycles. The van der Waals surface area contributed by atoms with Crippen molar-refractivity contribution >= 4 is 17.7 Å². The topological polar surface area (TPSA) is 90.4 Å². The lowest BCUT2D eigenvalue weighted by atomic mass is 9.66. The first kappa shape index (κ1) is 33.3. The van der Waals surface area contributed by atoms with Gasteiger partial charge in [-0.15, -0.1) is 13.2 Å². The van der Waals surface area contributed by atoms with Crippen molar-refractivity contribution in [2.75, 3.05) is 26.2 Å². The van der Waals surface area contributed by atoms with Crippen molar-refractivity contribution < 1.29 is 24.2 Å². The fourth-order valence-electron chi connectivity index (χ4n) is 8.22. The normalized spacial score (nSPS) is 30.0. The Balaban J connectivity index is 2.20. The summed E-state index contributed by atoms with van der Waals surface area (Å²) in [7, 11) is 0. The van der Waals surface area contributed by atoms with Crippen LogP contribution in [0.1, 0.15) is 88.0 Å². The molecule has 0 saturated carbocycles. The summed E-state index contributed by atoms with van der Waals surface area (Å²) >= 11 is 0. The second-order valence-corrected chi connectivity index (χ2v) is 14.8. The zero-order valence-electron chi connectivity index (χ0n) is 27.0. The number of fused-ring (bicyclic) bond motifs is 1. The lowest BCUT2D eigenvalue weighted by Crippen LogP contribution is -2.63. The van der Waals surface area contributed by atoms with Crippen molar-refractivity contribution in [1.82, 2.24) is 14.7 Å². The zero-order valence-corrected chi connectivity index (χ0v) is 27.0. The third-order valence-corrected chi connectivity index (χ3v) is 9.45. The summed E-state index contributed by atoms with van der Waals surface area (Å²) < 4.78 is 6.87. The van der Waals surface area contributed by atoms with E-state index in [1.165, 1.54) is 0 Å². The number of hydrogen-bond acceptors (Lipinski definition) is 5. The highest BCUT2D eigenvalue weighted by Crippen LogP contribution is 2.64. The van der Waals surface area contributed by atoms with Gasteiger partial charge in [0.15, 0.2) is 0 Å². The lowest BCUT2D eigenvalue weighted by molar-refractivity contribution is -0.160. The van der Waals surface area contributed by atoms with Crippen LogP contribution in [0.3, 0.4) is 0 Å². The van der Waals surface area contributed by atoms with E-state index in [2.05, 4.69) is 47.8 Å². The number of carbonyl (C=O) groups excluding carboxylic acids is 3. The van der Waals surface area contributed by atoms with Crippen LogP contribution in [-0.2, 0) is 19.1 Å². The molecule has 8 nitrogen and oxygen atoms in total. The molecular weight excluding hydrogens is 518 g/mol. The second kappa shape index (κ2) is 11.8. The van der Waals surface area contributed by atoms with Gasteiger partial charge in [-0.25, -0.2) is 0 Å². The number of nitrogens with zero attached hydrogens (tertiary/aromatic N) is 3. The molecule has 0 aromatic carbocycles. The van der Waals surface area contributed by atoms with Crippen molar-refractivity contribution in [2.45, 2.75) is 117 Å². The van der Waals surface area contributed by atoms with Crippen LogP contribution in [0.25, 0.3) is 0 Å².